The van der Waals surface area contributed by atoms with Gasteiger partial charge in [-0.3, -0.25) is 19.5 Å². The molecule has 1 aromatic rings. The van der Waals surface area contributed by atoms with Gasteiger partial charge < -0.3 is 0 Å². The van der Waals surface area contributed by atoms with E-state index in [9.17, 15) is 4.79 Å². The Kier molecular flexibility index (Phi) is 2.61. The average Bonchev–Trinajstić information content (AvgIpc) is 2.36. The van der Waals surface area contributed by atoms with E-state index < -0.39 is 0 Å². The van der Waals surface area contributed by atoms with Gasteiger partial charge in [-0.05, 0) is 12.1 Å². The molecule has 4 saturated heterocycles. The molecule has 0 radical (unpaired) electrons. The van der Waals surface area contributed by atoms with Crippen LogP contribution >= 0.6 is 15.9 Å². The number of hydrogen-bond acceptors (Lipinski definition) is 4. The minimum atomic E-state index is -0.227. The van der Waals surface area contributed by atoms with Crippen LogP contribution < -0.4 is 0 Å². The van der Waals surface area contributed by atoms with Crippen LogP contribution in [0.4, 0.5) is 0 Å². The third kappa shape index (κ3) is 1.88. The molecule has 0 spiro atoms. The summed E-state index contributed by atoms with van der Waals surface area (Å²) in [6, 6.07) is 7.79. The number of hydrogen-bond donors (Lipinski definition) is 0. The number of carbonyl (C=O) groups excluding carboxylic acids is 1. The van der Waals surface area contributed by atoms with Crippen molar-refractivity contribution in [1.29, 1.82) is 0 Å². The van der Waals surface area contributed by atoms with Gasteiger partial charge >= 0.3 is 0 Å². The number of carbonyl (C=O) groups is 1. The van der Waals surface area contributed by atoms with E-state index in [4.69, 9.17) is 0 Å². The van der Waals surface area contributed by atoms with Crippen LogP contribution in [0.1, 0.15) is 10.4 Å². The van der Waals surface area contributed by atoms with Gasteiger partial charge in [0.1, 0.15) is 0 Å². The van der Waals surface area contributed by atoms with E-state index in [-0.39, 0.29) is 5.41 Å². The van der Waals surface area contributed by atoms with Crippen LogP contribution in [-0.2, 0) is 0 Å². The third-order valence-corrected chi connectivity index (χ3v) is 4.84. The summed E-state index contributed by atoms with van der Waals surface area (Å²) < 4.78 is 0.976. The summed E-state index contributed by atoms with van der Waals surface area (Å²) in [5.41, 5.74) is 0.607. The second-order valence-corrected chi connectivity index (χ2v) is 6.95. The third-order valence-electron chi connectivity index (χ3n) is 4.35. The van der Waals surface area contributed by atoms with Crippen molar-refractivity contribution in [2.45, 2.75) is 0 Å². The molecule has 4 heterocycles. The van der Waals surface area contributed by atoms with Crippen LogP contribution in [0.2, 0.25) is 0 Å². The van der Waals surface area contributed by atoms with Gasteiger partial charge in [0.2, 0.25) is 0 Å². The van der Waals surface area contributed by atoms with Crippen LogP contribution in [-0.4, -0.2) is 60.1 Å². The van der Waals surface area contributed by atoms with E-state index in [1.807, 2.05) is 24.3 Å². The van der Waals surface area contributed by atoms with E-state index in [0.29, 0.717) is 5.78 Å². The molecule has 4 aliphatic heterocycles. The smallest absolute Gasteiger partial charge is 0.172 e. The molecule has 4 nitrogen and oxygen atoms in total. The standard InChI is InChI=1S/C14H16BrN3O/c15-12-3-1-2-11(4-12)13(19)14-5-16-8-17(6-14)10-18(7-14)9-16/h1-4H,5-10H2. The Morgan fingerprint density at radius 2 is 1.63 bits per heavy atom. The lowest BCUT2D eigenvalue weighted by Crippen LogP contribution is -2.74. The number of benzene rings is 1. The lowest BCUT2D eigenvalue weighted by molar-refractivity contribution is -0.155. The minimum absolute atomic E-state index is 0.227. The molecule has 4 fully saturated rings. The predicted octanol–water partition coefficient (Wildman–Crippen LogP) is 1.44. The first-order chi connectivity index (χ1) is 9.14. The first-order valence-corrected chi connectivity index (χ1v) is 7.41. The first kappa shape index (κ1) is 12.0. The van der Waals surface area contributed by atoms with E-state index in [1.54, 1.807) is 0 Å². The number of rotatable bonds is 2. The van der Waals surface area contributed by atoms with E-state index in [1.165, 1.54) is 0 Å². The molecule has 4 aliphatic rings. The maximum Gasteiger partial charge on any atom is 0.172 e. The zero-order valence-electron chi connectivity index (χ0n) is 10.7. The molecular weight excluding hydrogens is 306 g/mol. The lowest BCUT2D eigenvalue weighted by Gasteiger charge is -2.59. The Balaban J connectivity index is 1.70. The van der Waals surface area contributed by atoms with Crippen molar-refractivity contribution in [2.24, 2.45) is 5.41 Å². The highest BCUT2D eigenvalue weighted by Gasteiger charge is 2.52. The van der Waals surface area contributed by atoms with Gasteiger partial charge in [-0.1, -0.05) is 28.1 Å². The highest BCUT2D eigenvalue weighted by molar-refractivity contribution is 9.10. The Morgan fingerprint density at radius 3 is 2.16 bits per heavy atom. The molecule has 0 aliphatic carbocycles. The van der Waals surface area contributed by atoms with Gasteiger partial charge in [-0.2, -0.15) is 0 Å². The van der Waals surface area contributed by atoms with Gasteiger partial charge in [0.05, 0.1) is 25.4 Å². The van der Waals surface area contributed by atoms with Crippen LogP contribution in [0.5, 0.6) is 0 Å². The molecule has 0 aromatic heterocycles. The topological polar surface area (TPSA) is 26.8 Å². The fourth-order valence-electron chi connectivity index (χ4n) is 3.87. The molecule has 19 heavy (non-hydrogen) atoms. The van der Waals surface area contributed by atoms with Gasteiger partial charge in [0, 0.05) is 29.7 Å². The summed E-state index contributed by atoms with van der Waals surface area (Å²) >= 11 is 3.46. The van der Waals surface area contributed by atoms with Crippen molar-refractivity contribution in [2.75, 3.05) is 39.6 Å². The molecule has 0 N–H and O–H groups in total. The van der Waals surface area contributed by atoms with Gasteiger partial charge in [-0.25, -0.2) is 0 Å². The highest BCUT2D eigenvalue weighted by atomic mass is 79.9. The van der Waals surface area contributed by atoms with Gasteiger partial charge in [0.25, 0.3) is 0 Å². The minimum Gasteiger partial charge on any atom is -0.293 e. The molecule has 5 rings (SSSR count). The van der Waals surface area contributed by atoms with Crippen molar-refractivity contribution in [3.05, 3.63) is 34.3 Å². The quantitative estimate of drug-likeness (QED) is 0.770. The summed E-state index contributed by atoms with van der Waals surface area (Å²) in [6.07, 6.45) is 0. The number of Topliss-reactive ketones (excluding diaryl/α,β-unsaturated/α-hetero) is 1. The summed E-state index contributed by atoms with van der Waals surface area (Å²) in [7, 11) is 0. The predicted molar refractivity (Wildman–Crippen MR) is 75.6 cm³/mol. The molecule has 1 aromatic carbocycles. The summed E-state index contributed by atoms with van der Waals surface area (Å²) in [4.78, 5) is 20.1. The molecule has 4 bridgehead atoms. The van der Waals surface area contributed by atoms with Crippen molar-refractivity contribution in [3.63, 3.8) is 0 Å². The molecule has 0 amide bonds. The molecule has 5 heteroatoms. The Morgan fingerprint density at radius 1 is 1.05 bits per heavy atom. The second kappa shape index (κ2) is 4.12. The summed E-state index contributed by atoms with van der Waals surface area (Å²) in [5, 5.41) is 0. The van der Waals surface area contributed by atoms with Crippen molar-refractivity contribution in [3.8, 4) is 0 Å². The monoisotopic (exact) mass is 321 g/mol. The SMILES string of the molecule is O=C(c1cccc(Br)c1)C12CN3CN(CN(C3)C1)C2. The molecule has 100 valence electrons. The van der Waals surface area contributed by atoms with Gasteiger partial charge in [0.15, 0.2) is 5.78 Å². The molecule has 0 atom stereocenters. The van der Waals surface area contributed by atoms with Crippen molar-refractivity contribution < 1.29 is 4.79 Å². The van der Waals surface area contributed by atoms with E-state index in [2.05, 4.69) is 30.6 Å². The van der Waals surface area contributed by atoms with Crippen LogP contribution in [0.3, 0.4) is 0 Å². The van der Waals surface area contributed by atoms with E-state index >= 15 is 0 Å². The Labute approximate surface area is 121 Å². The molecule has 0 unspecified atom stereocenters. The number of halogens is 1. The number of ketones is 1. The molecular formula is C14H16BrN3O. The van der Waals surface area contributed by atoms with Crippen molar-refractivity contribution >= 4 is 21.7 Å². The normalized spacial score (nSPS) is 39.5. The summed E-state index contributed by atoms with van der Waals surface area (Å²) in [5.74, 6) is 0.299. The molecule has 0 saturated carbocycles. The average molecular weight is 322 g/mol. The lowest BCUT2D eigenvalue weighted by atomic mass is 9.75. The van der Waals surface area contributed by atoms with Crippen LogP contribution in [0.25, 0.3) is 0 Å². The first-order valence-electron chi connectivity index (χ1n) is 6.62. The zero-order valence-corrected chi connectivity index (χ0v) is 12.3. The Hall–Kier alpha value is -0.750. The second-order valence-electron chi connectivity index (χ2n) is 6.03. The maximum atomic E-state index is 12.9. The van der Waals surface area contributed by atoms with Gasteiger partial charge in [-0.15, -0.1) is 0 Å². The van der Waals surface area contributed by atoms with E-state index in [0.717, 1.165) is 49.7 Å². The zero-order chi connectivity index (χ0) is 13.0. The maximum absolute atomic E-state index is 12.9. The highest BCUT2D eigenvalue weighted by Crippen LogP contribution is 2.38. The number of nitrogens with zero attached hydrogens (tertiary/aromatic N) is 3. The van der Waals surface area contributed by atoms with Crippen molar-refractivity contribution in [1.82, 2.24) is 14.7 Å². The largest absolute Gasteiger partial charge is 0.293 e. The fraction of sp³-hybridized carbons (Fsp3) is 0.500. The van der Waals surface area contributed by atoms with Crippen LogP contribution in [0, 0.1) is 5.41 Å². The van der Waals surface area contributed by atoms with Crippen LogP contribution in [0.15, 0.2) is 28.7 Å². The summed E-state index contributed by atoms with van der Waals surface area (Å²) in [6.45, 7) is 5.78. The fourth-order valence-corrected chi connectivity index (χ4v) is 4.27. The Bertz CT molecular complexity index is 510.